The van der Waals surface area contributed by atoms with Crippen molar-refractivity contribution in [2.75, 3.05) is 11.5 Å². The van der Waals surface area contributed by atoms with Gasteiger partial charge in [-0.25, -0.2) is 4.98 Å². The van der Waals surface area contributed by atoms with Crippen LogP contribution >= 0.6 is 27.7 Å². The molecule has 1 aromatic rings. The second-order valence-electron chi connectivity index (χ2n) is 3.78. The third-order valence-electron chi connectivity index (χ3n) is 2.75. The summed E-state index contributed by atoms with van der Waals surface area (Å²) in [7, 11) is 0. The lowest BCUT2D eigenvalue weighted by molar-refractivity contribution is 0.0988. The molecule has 4 heteroatoms. The fourth-order valence-electron chi connectivity index (χ4n) is 1.86. The maximum Gasteiger partial charge on any atom is 0.106 e. The van der Waals surface area contributed by atoms with Gasteiger partial charge in [0.05, 0.1) is 11.8 Å². The summed E-state index contributed by atoms with van der Waals surface area (Å²) in [6.45, 7) is 0. The van der Waals surface area contributed by atoms with Gasteiger partial charge >= 0.3 is 0 Å². The molecule has 0 amide bonds. The minimum atomic E-state index is -0.400. The van der Waals surface area contributed by atoms with Crippen molar-refractivity contribution < 1.29 is 5.11 Å². The normalized spacial score (nSPS) is 20.1. The van der Waals surface area contributed by atoms with Gasteiger partial charge in [-0.05, 0) is 58.3 Å². The van der Waals surface area contributed by atoms with E-state index in [9.17, 15) is 5.11 Å². The van der Waals surface area contributed by atoms with Crippen LogP contribution in [0, 0.1) is 5.92 Å². The van der Waals surface area contributed by atoms with Gasteiger partial charge in [-0.3, -0.25) is 0 Å². The number of pyridine rings is 1. The van der Waals surface area contributed by atoms with Gasteiger partial charge in [0.2, 0.25) is 0 Å². The molecular formula is C11H14BrNOS. The van der Waals surface area contributed by atoms with Crippen molar-refractivity contribution in [1.29, 1.82) is 0 Å². The van der Waals surface area contributed by atoms with Crippen molar-refractivity contribution in [1.82, 2.24) is 4.98 Å². The van der Waals surface area contributed by atoms with Gasteiger partial charge in [0, 0.05) is 0 Å². The van der Waals surface area contributed by atoms with E-state index in [0.29, 0.717) is 5.92 Å². The Labute approximate surface area is 103 Å². The van der Waals surface area contributed by atoms with Crippen LogP contribution in [0.25, 0.3) is 0 Å². The topological polar surface area (TPSA) is 33.1 Å². The Balaban J connectivity index is 2.08. The molecule has 1 aromatic heterocycles. The molecular weight excluding hydrogens is 274 g/mol. The summed E-state index contributed by atoms with van der Waals surface area (Å²) >= 11 is 5.30. The standard InChI is InChI=1S/C11H14BrNOS/c12-10-3-1-2-9(13-10)11(14)8-4-6-15-7-5-8/h1-3,8,11,14H,4-7H2. The molecule has 0 radical (unpaired) electrons. The van der Waals surface area contributed by atoms with Crippen LogP contribution in [0.15, 0.2) is 22.8 Å². The third-order valence-corrected chi connectivity index (χ3v) is 4.24. The molecule has 1 saturated heterocycles. The lowest BCUT2D eigenvalue weighted by Crippen LogP contribution is -2.19. The Hall–Kier alpha value is -0.0600. The van der Waals surface area contributed by atoms with Crippen molar-refractivity contribution in [2.45, 2.75) is 18.9 Å². The average molecular weight is 288 g/mol. The number of halogens is 1. The average Bonchev–Trinajstić information content (AvgIpc) is 2.29. The Bertz CT molecular complexity index is 328. The highest BCUT2D eigenvalue weighted by Gasteiger charge is 2.24. The molecule has 1 atom stereocenters. The Morgan fingerprint density at radius 2 is 2.13 bits per heavy atom. The first-order valence-electron chi connectivity index (χ1n) is 5.15. The van der Waals surface area contributed by atoms with E-state index in [4.69, 9.17) is 0 Å². The molecule has 0 aromatic carbocycles. The zero-order valence-electron chi connectivity index (χ0n) is 8.40. The Morgan fingerprint density at radius 1 is 1.40 bits per heavy atom. The largest absolute Gasteiger partial charge is 0.387 e. The maximum absolute atomic E-state index is 10.2. The molecule has 2 heterocycles. The fourth-order valence-corrected chi connectivity index (χ4v) is 3.36. The summed E-state index contributed by atoms with van der Waals surface area (Å²) in [6.07, 6.45) is 1.79. The molecule has 0 bridgehead atoms. The molecule has 1 unspecified atom stereocenters. The van der Waals surface area contributed by atoms with Crippen LogP contribution in [0.3, 0.4) is 0 Å². The zero-order valence-corrected chi connectivity index (χ0v) is 10.8. The van der Waals surface area contributed by atoms with Gasteiger partial charge in [-0.2, -0.15) is 11.8 Å². The van der Waals surface area contributed by atoms with Crippen LogP contribution in [0.4, 0.5) is 0 Å². The van der Waals surface area contributed by atoms with E-state index in [0.717, 1.165) is 34.6 Å². The molecule has 2 rings (SSSR count). The van der Waals surface area contributed by atoms with Gasteiger partial charge in [0.1, 0.15) is 4.60 Å². The monoisotopic (exact) mass is 287 g/mol. The highest BCUT2D eigenvalue weighted by atomic mass is 79.9. The first-order valence-corrected chi connectivity index (χ1v) is 7.10. The first-order chi connectivity index (χ1) is 7.27. The minimum absolute atomic E-state index is 0.382. The first kappa shape index (κ1) is 11.4. The number of aliphatic hydroxyl groups is 1. The van der Waals surface area contributed by atoms with Crippen LogP contribution in [-0.4, -0.2) is 21.6 Å². The SMILES string of the molecule is OC(c1cccc(Br)n1)C1CCSCC1. The van der Waals surface area contributed by atoms with Gasteiger partial charge in [0.15, 0.2) is 0 Å². The molecule has 2 nitrogen and oxygen atoms in total. The molecule has 1 aliphatic rings. The number of rotatable bonds is 2. The van der Waals surface area contributed by atoms with Crippen molar-refractivity contribution in [3.8, 4) is 0 Å². The van der Waals surface area contributed by atoms with Crippen LogP contribution in [0.5, 0.6) is 0 Å². The second-order valence-corrected chi connectivity index (χ2v) is 5.82. The van der Waals surface area contributed by atoms with Crippen molar-refractivity contribution in [3.63, 3.8) is 0 Å². The number of aromatic nitrogens is 1. The molecule has 0 saturated carbocycles. The highest BCUT2D eigenvalue weighted by Crippen LogP contribution is 2.32. The van der Waals surface area contributed by atoms with E-state index in [-0.39, 0.29) is 0 Å². The van der Waals surface area contributed by atoms with Gasteiger partial charge in [-0.1, -0.05) is 6.07 Å². The predicted octanol–water partition coefficient (Wildman–Crippen LogP) is 3.02. The van der Waals surface area contributed by atoms with E-state index >= 15 is 0 Å². The van der Waals surface area contributed by atoms with Crippen LogP contribution < -0.4 is 0 Å². The van der Waals surface area contributed by atoms with E-state index in [1.165, 1.54) is 0 Å². The van der Waals surface area contributed by atoms with Crippen molar-refractivity contribution >= 4 is 27.7 Å². The van der Waals surface area contributed by atoms with E-state index in [1.54, 1.807) is 0 Å². The smallest absolute Gasteiger partial charge is 0.106 e. The third kappa shape index (κ3) is 2.95. The Kier molecular flexibility index (Phi) is 4.05. The Morgan fingerprint density at radius 3 is 2.80 bits per heavy atom. The van der Waals surface area contributed by atoms with Crippen LogP contribution in [0.2, 0.25) is 0 Å². The van der Waals surface area contributed by atoms with Gasteiger partial charge in [0.25, 0.3) is 0 Å². The molecule has 82 valence electrons. The summed E-state index contributed by atoms with van der Waals surface area (Å²) < 4.78 is 0.796. The fraction of sp³-hybridized carbons (Fsp3) is 0.545. The number of hydrogen-bond donors (Lipinski definition) is 1. The molecule has 1 aliphatic heterocycles. The highest BCUT2D eigenvalue weighted by molar-refractivity contribution is 9.10. The van der Waals surface area contributed by atoms with Crippen LogP contribution in [-0.2, 0) is 0 Å². The predicted molar refractivity (Wildman–Crippen MR) is 66.9 cm³/mol. The lowest BCUT2D eigenvalue weighted by Gasteiger charge is -2.25. The van der Waals surface area contributed by atoms with E-state index in [1.807, 2.05) is 30.0 Å². The summed E-state index contributed by atoms with van der Waals surface area (Å²) in [5, 5.41) is 10.2. The summed E-state index contributed by atoms with van der Waals surface area (Å²) in [5.74, 6) is 2.71. The van der Waals surface area contributed by atoms with Gasteiger partial charge in [-0.15, -0.1) is 0 Å². The number of hydrogen-bond acceptors (Lipinski definition) is 3. The molecule has 15 heavy (non-hydrogen) atoms. The zero-order chi connectivity index (χ0) is 10.7. The summed E-state index contributed by atoms with van der Waals surface area (Å²) in [6, 6.07) is 5.71. The molecule has 1 N–H and O–H groups in total. The lowest BCUT2D eigenvalue weighted by atomic mass is 9.93. The van der Waals surface area contributed by atoms with Gasteiger partial charge < -0.3 is 5.11 Å². The van der Waals surface area contributed by atoms with E-state index in [2.05, 4.69) is 20.9 Å². The summed E-state index contributed by atoms with van der Waals surface area (Å²) in [4.78, 5) is 4.31. The number of thioether (sulfide) groups is 1. The molecule has 1 fully saturated rings. The number of aliphatic hydroxyl groups excluding tert-OH is 1. The molecule has 0 aliphatic carbocycles. The second kappa shape index (κ2) is 5.32. The molecule has 0 spiro atoms. The summed E-state index contributed by atoms with van der Waals surface area (Å²) in [5.41, 5.74) is 0.793. The number of nitrogens with zero attached hydrogens (tertiary/aromatic N) is 1. The van der Waals surface area contributed by atoms with Crippen LogP contribution in [0.1, 0.15) is 24.6 Å². The maximum atomic E-state index is 10.2. The quantitative estimate of drug-likeness (QED) is 0.849. The van der Waals surface area contributed by atoms with Crippen molar-refractivity contribution in [3.05, 3.63) is 28.5 Å². The van der Waals surface area contributed by atoms with Crippen molar-refractivity contribution in [2.24, 2.45) is 5.92 Å². The van der Waals surface area contributed by atoms with E-state index < -0.39 is 6.10 Å². The minimum Gasteiger partial charge on any atom is -0.387 e.